The van der Waals surface area contributed by atoms with Crippen molar-refractivity contribution in [3.63, 3.8) is 0 Å². The van der Waals surface area contributed by atoms with Gasteiger partial charge in [-0.1, -0.05) is 19.0 Å². The summed E-state index contributed by atoms with van der Waals surface area (Å²) < 4.78 is 5.32. The van der Waals surface area contributed by atoms with Gasteiger partial charge in [0.05, 0.1) is 11.9 Å². The van der Waals surface area contributed by atoms with Crippen LogP contribution >= 0.6 is 0 Å². The summed E-state index contributed by atoms with van der Waals surface area (Å²) in [6, 6.07) is 1.97. The molecule has 2 aromatic rings. The van der Waals surface area contributed by atoms with Gasteiger partial charge >= 0.3 is 0 Å². The lowest BCUT2D eigenvalue weighted by Crippen LogP contribution is -2.37. The summed E-state index contributed by atoms with van der Waals surface area (Å²) in [5.74, 6) is 1.94. The molecule has 0 radical (unpaired) electrons. The van der Waals surface area contributed by atoms with E-state index in [2.05, 4.69) is 51.8 Å². The van der Waals surface area contributed by atoms with Gasteiger partial charge in [0.1, 0.15) is 6.54 Å². The van der Waals surface area contributed by atoms with E-state index in [1.807, 2.05) is 19.2 Å². The van der Waals surface area contributed by atoms with Gasteiger partial charge in [0, 0.05) is 24.8 Å². The number of nitrogens with one attached hydrogen (secondary N) is 3. The summed E-state index contributed by atoms with van der Waals surface area (Å²) in [5.41, 5.74) is 3.37. The second-order valence-corrected chi connectivity index (χ2v) is 6.12. The summed E-state index contributed by atoms with van der Waals surface area (Å²) in [6.07, 6.45) is 3.91. The molecule has 0 aromatic carbocycles. The molecule has 0 bridgehead atoms. The Morgan fingerprint density at radius 1 is 1.38 bits per heavy atom. The molecule has 0 aliphatic heterocycles. The molecule has 0 aliphatic rings. The largest absolute Gasteiger partial charge is 0.359 e. The molecule has 7 heteroatoms. The maximum atomic E-state index is 5.32. The van der Waals surface area contributed by atoms with Gasteiger partial charge in [0.2, 0.25) is 0 Å². The second-order valence-electron chi connectivity index (χ2n) is 6.12. The van der Waals surface area contributed by atoms with Gasteiger partial charge in [-0.15, -0.1) is 0 Å². The Kier molecular flexibility index (Phi) is 6.84. The molecule has 2 rings (SSSR count). The van der Waals surface area contributed by atoms with Gasteiger partial charge in [0.25, 0.3) is 0 Å². The molecule has 0 atom stereocenters. The van der Waals surface area contributed by atoms with Gasteiger partial charge in [0.15, 0.2) is 11.7 Å². The molecule has 0 saturated heterocycles. The van der Waals surface area contributed by atoms with Crippen molar-refractivity contribution in [1.29, 1.82) is 0 Å². The van der Waals surface area contributed by atoms with E-state index in [9.17, 15) is 0 Å². The fourth-order valence-electron chi connectivity index (χ4n) is 2.29. The molecule has 24 heavy (non-hydrogen) atoms. The topological polar surface area (TPSA) is 91.1 Å². The van der Waals surface area contributed by atoms with Crippen LogP contribution in [-0.4, -0.2) is 34.4 Å². The molecular weight excluding hydrogens is 304 g/mol. The number of hydrogen-bond donors (Lipinski definition) is 3. The van der Waals surface area contributed by atoms with Crippen LogP contribution < -0.4 is 10.6 Å². The highest BCUT2D eigenvalue weighted by atomic mass is 16.5. The summed E-state index contributed by atoms with van der Waals surface area (Å²) in [7, 11) is 0. The lowest BCUT2D eigenvalue weighted by Gasteiger charge is -2.10. The first-order valence-electron chi connectivity index (χ1n) is 8.56. The predicted octanol–water partition coefficient (Wildman–Crippen LogP) is 2.52. The Labute approximate surface area is 143 Å². The molecule has 0 aliphatic carbocycles. The molecule has 7 nitrogen and oxygen atoms in total. The number of rotatable bonds is 8. The molecule has 0 unspecified atom stereocenters. The van der Waals surface area contributed by atoms with E-state index in [1.54, 1.807) is 0 Å². The minimum atomic E-state index is 0.365. The van der Waals surface area contributed by atoms with E-state index in [0.29, 0.717) is 12.5 Å². The van der Waals surface area contributed by atoms with Crippen LogP contribution in [0.4, 0.5) is 0 Å². The van der Waals surface area contributed by atoms with Crippen LogP contribution in [0.25, 0.3) is 0 Å². The molecule has 0 saturated carbocycles. The van der Waals surface area contributed by atoms with Crippen molar-refractivity contribution in [3.05, 3.63) is 35.0 Å². The minimum Gasteiger partial charge on any atom is -0.359 e. The molecule has 0 spiro atoms. The molecule has 2 heterocycles. The highest BCUT2D eigenvalue weighted by Crippen LogP contribution is 2.14. The first kappa shape index (κ1) is 18.0. The number of aliphatic imine (C=N–C) groups is 1. The van der Waals surface area contributed by atoms with Gasteiger partial charge in [-0.25, -0.2) is 4.99 Å². The van der Waals surface area contributed by atoms with E-state index >= 15 is 0 Å². The average Bonchev–Trinajstić information content (AvgIpc) is 3.18. The number of aromatic amines is 1. The van der Waals surface area contributed by atoms with Crippen LogP contribution in [0.3, 0.4) is 0 Å². The van der Waals surface area contributed by atoms with E-state index in [4.69, 9.17) is 4.52 Å². The highest BCUT2D eigenvalue weighted by Gasteiger charge is 2.07. The van der Waals surface area contributed by atoms with Crippen molar-refractivity contribution >= 4 is 5.96 Å². The smallest absolute Gasteiger partial charge is 0.191 e. The fraction of sp³-hybridized carbons (Fsp3) is 0.588. The Morgan fingerprint density at radius 3 is 2.83 bits per heavy atom. The number of hydrogen-bond acceptors (Lipinski definition) is 4. The van der Waals surface area contributed by atoms with Crippen molar-refractivity contribution in [2.45, 2.75) is 53.0 Å². The standard InChI is InChI=1S/C17H28N6O/c1-5-18-17(19-8-6-7-14-10-21-22-13(14)4)20-11-15-9-16(12(2)3)23-24-15/h9-10,12H,5-8,11H2,1-4H3,(H,21,22)(H2,18,19,20). The van der Waals surface area contributed by atoms with E-state index < -0.39 is 0 Å². The second kappa shape index (κ2) is 9.10. The fourth-order valence-corrected chi connectivity index (χ4v) is 2.29. The van der Waals surface area contributed by atoms with Gasteiger partial charge in [-0.05, 0) is 38.2 Å². The first-order valence-corrected chi connectivity index (χ1v) is 8.56. The number of aryl methyl sites for hydroxylation is 2. The first-order chi connectivity index (χ1) is 11.6. The molecule has 0 amide bonds. The Morgan fingerprint density at radius 2 is 2.21 bits per heavy atom. The molecular formula is C17H28N6O. The zero-order valence-corrected chi connectivity index (χ0v) is 15.0. The van der Waals surface area contributed by atoms with E-state index in [0.717, 1.165) is 49.0 Å². The van der Waals surface area contributed by atoms with Crippen LogP contribution in [-0.2, 0) is 13.0 Å². The van der Waals surface area contributed by atoms with Crippen molar-refractivity contribution in [3.8, 4) is 0 Å². The van der Waals surface area contributed by atoms with Gasteiger partial charge < -0.3 is 15.2 Å². The van der Waals surface area contributed by atoms with Gasteiger partial charge in [-0.3, -0.25) is 5.10 Å². The third-order valence-corrected chi connectivity index (χ3v) is 3.76. The van der Waals surface area contributed by atoms with Crippen molar-refractivity contribution in [2.75, 3.05) is 13.1 Å². The predicted molar refractivity (Wildman–Crippen MR) is 95.1 cm³/mol. The lowest BCUT2D eigenvalue weighted by atomic mass is 10.1. The third-order valence-electron chi connectivity index (χ3n) is 3.76. The van der Waals surface area contributed by atoms with Crippen LogP contribution in [0.5, 0.6) is 0 Å². The van der Waals surface area contributed by atoms with Crippen LogP contribution in [0.2, 0.25) is 0 Å². The number of aromatic nitrogens is 3. The van der Waals surface area contributed by atoms with E-state index in [-0.39, 0.29) is 0 Å². The Hall–Kier alpha value is -2.31. The summed E-state index contributed by atoms with van der Waals surface area (Å²) in [6.45, 7) is 10.4. The maximum Gasteiger partial charge on any atom is 0.191 e. The summed E-state index contributed by atoms with van der Waals surface area (Å²) >= 11 is 0. The molecule has 0 fully saturated rings. The summed E-state index contributed by atoms with van der Waals surface area (Å²) in [5, 5.41) is 17.7. The number of nitrogens with zero attached hydrogens (tertiary/aromatic N) is 3. The van der Waals surface area contributed by atoms with Crippen LogP contribution in [0, 0.1) is 6.92 Å². The highest BCUT2D eigenvalue weighted by molar-refractivity contribution is 5.79. The monoisotopic (exact) mass is 332 g/mol. The SMILES string of the molecule is CCNC(=NCc1cc(C(C)C)no1)NCCCc1cn[nH]c1C. The van der Waals surface area contributed by atoms with Crippen molar-refractivity contribution in [2.24, 2.45) is 4.99 Å². The molecule has 132 valence electrons. The number of guanidine groups is 1. The Bertz CT molecular complexity index is 643. The molecule has 3 N–H and O–H groups in total. The normalized spacial score (nSPS) is 12.0. The van der Waals surface area contributed by atoms with Crippen LogP contribution in [0.15, 0.2) is 21.8 Å². The van der Waals surface area contributed by atoms with Crippen LogP contribution in [0.1, 0.15) is 55.8 Å². The average molecular weight is 332 g/mol. The molecule has 2 aromatic heterocycles. The van der Waals surface area contributed by atoms with Crippen molar-refractivity contribution < 1.29 is 4.52 Å². The zero-order chi connectivity index (χ0) is 17.4. The van der Waals surface area contributed by atoms with Crippen molar-refractivity contribution in [1.82, 2.24) is 26.0 Å². The van der Waals surface area contributed by atoms with E-state index in [1.165, 1.54) is 5.56 Å². The zero-order valence-electron chi connectivity index (χ0n) is 15.0. The quantitative estimate of drug-likeness (QED) is 0.392. The van der Waals surface area contributed by atoms with Gasteiger partial charge in [-0.2, -0.15) is 5.10 Å². The summed E-state index contributed by atoms with van der Waals surface area (Å²) in [4.78, 5) is 4.55. The maximum absolute atomic E-state index is 5.32. The minimum absolute atomic E-state index is 0.365. The lowest BCUT2D eigenvalue weighted by molar-refractivity contribution is 0.376. The third kappa shape index (κ3) is 5.40. The Balaban J connectivity index is 1.80. The number of H-pyrrole nitrogens is 1.